The first-order valence-electron chi connectivity index (χ1n) is 10.4. The van der Waals surface area contributed by atoms with Crippen LogP contribution in [0.3, 0.4) is 0 Å². The number of rotatable bonds is 3. The monoisotopic (exact) mass is 388 g/mol. The van der Waals surface area contributed by atoms with Crippen LogP contribution in [-0.2, 0) is 4.74 Å². The van der Waals surface area contributed by atoms with E-state index in [1.807, 2.05) is 0 Å². The molecule has 2 aliphatic rings. The van der Waals surface area contributed by atoms with E-state index in [9.17, 15) is 0 Å². The van der Waals surface area contributed by atoms with Gasteiger partial charge in [-0.3, -0.25) is 0 Å². The van der Waals surface area contributed by atoms with Crippen molar-refractivity contribution in [2.45, 2.75) is 12.3 Å². The Bertz CT molecular complexity index is 1160. The first kappa shape index (κ1) is 16.9. The maximum Gasteiger partial charge on any atom is 0.298 e. The second kappa shape index (κ2) is 6.81. The third-order valence-corrected chi connectivity index (χ3v) is 6.26. The number of ether oxygens (including phenoxy) is 1. The van der Waals surface area contributed by atoms with Crippen LogP contribution in [0, 0.1) is 0 Å². The molecule has 4 heterocycles. The highest BCUT2D eigenvalue weighted by molar-refractivity contribution is 5.84. The van der Waals surface area contributed by atoms with Crippen LogP contribution in [0.5, 0.6) is 0 Å². The van der Waals surface area contributed by atoms with Crippen molar-refractivity contribution in [2.24, 2.45) is 0 Å². The molecule has 4 aromatic rings. The Labute approximate surface area is 169 Å². The van der Waals surface area contributed by atoms with Crippen molar-refractivity contribution in [2.75, 3.05) is 49.2 Å². The number of para-hydroxylation sites is 1. The third-order valence-electron chi connectivity index (χ3n) is 6.26. The Kier molecular flexibility index (Phi) is 3.97. The van der Waals surface area contributed by atoms with Crippen molar-refractivity contribution in [3.05, 3.63) is 54.2 Å². The molecule has 0 radical (unpaired) electrons. The number of aromatic amines is 1. The quantitative estimate of drug-likeness (QED) is 0.572. The minimum atomic E-state index is 0.545. The van der Waals surface area contributed by atoms with Gasteiger partial charge in [0.05, 0.1) is 13.2 Å². The number of aromatic nitrogens is 2. The molecule has 0 amide bonds. The first-order valence-corrected chi connectivity index (χ1v) is 10.4. The summed E-state index contributed by atoms with van der Waals surface area (Å²) in [6, 6.07) is 15.7. The van der Waals surface area contributed by atoms with Gasteiger partial charge in [-0.05, 0) is 36.2 Å². The SMILES string of the molecule is c1ccc2c(C3CCN(c4ccc5oc(N6CCOCC6)nc5c4)C3)c[nH]c2c1. The van der Waals surface area contributed by atoms with Gasteiger partial charge in [-0.25, -0.2) is 0 Å². The average molecular weight is 388 g/mol. The topological polar surface area (TPSA) is 57.5 Å². The summed E-state index contributed by atoms with van der Waals surface area (Å²) in [6.07, 6.45) is 3.35. The van der Waals surface area contributed by atoms with Crippen molar-refractivity contribution in [1.29, 1.82) is 0 Å². The molecular formula is C23H24N4O2. The molecule has 1 atom stereocenters. The lowest BCUT2D eigenvalue weighted by atomic mass is 9.98. The lowest BCUT2D eigenvalue weighted by molar-refractivity contribution is 0.120. The number of oxazole rings is 1. The van der Waals surface area contributed by atoms with Gasteiger partial charge in [-0.2, -0.15) is 4.98 Å². The fraction of sp³-hybridized carbons (Fsp3) is 0.348. The van der Waals surface area contributed by atoms with Gasteiger partial charge in [-0.1, -0.05) is 18.2 Å². The molecule has 6 heteroatoms. The molecule has 0 saturated carbocycles. The van der Waals surface area contributed by atoms with Gasteiger partial charge in [0.15, 0.2) is 5.58 Å². The maximum atomic E-state index is 5.99. The molecule has 148 valence electrons. The summed E-state index contributed by atoms with van der Waals surface area (Å²) in [6.45, 7) is 5.21. The molecule has 0 aliphatic carbocycles. The summed E-state index contributed by atoms with van der Waals surface area (Å²) >= 11 is 0. The highest BCUT2D eigenvalue weighted by Crippen LogP contribution is 2.35. The minimum Gasteiger partial charge on any atom is -0.423 e. The molecule has 6 nitrogen and oxygen atoms in total. The van der Waals surface area contributed by atoms with Crippen LogP contribution in [0.15, 0.2) is 53.1 Å². The van der Waals surface area contributed by atoms with E-state index in [1.165, 1.54) is 22.2 Å². The number of hydrogen-bond donors (Lipinski definition) is 1. The number of hydrogen-bond acceptors (Lipinski definition) is 5. The van der Waals surface area contributed by atoms with Crippen LogP contribution in [0.2, 0.25) is 0 Å². The van der Waals surface area contributed by atoms with Crippen molar-refractivity contribution in [3.63, 3.8) is 0 Å². The van der Waals surface area contributed by atoms with Crippen molar-refractivity contribution in [1.82, 2.24) is 9.97 Å². The van der Waals surface area contributed by atoms with E-state index in [-0.39, 0.29) is 0 Å². The van der Waals surface area contributed by atoms with E-state index in [0.717, 1.165) is 56.9 Å². The zero-order chi connectivity index (χ0) is 19.2. The summed E-state index contributed by atoms with van der Waals surface area (Å²) in [5.74, 6) is 0.545. The molecule has 1 unspecified atom stereocenters. The Morgan fingerprint density at radius 1 is 1.00 bits per heavy atom. The highest BCUT2D eigenvalue weighted by Gasteiger charge is 2.26. The molecule has 0 spiro atoms. The highest BCUT2D eigenvalue weighted by atomic mass is 16.5. The molecule has 1 N–H and O–H groups in total. The normalized spacial score (nSPS) is 20.2. The number of H-pyrrole nitrogens is 1. The van der Waals surface area contributed by atoms with Gasteiger partial charge in [0, 0.05) is 54.9 Å². The van der Waals surface area contributed by atoms with Gasteiger partial charge in [-0.15, -0.1) is 0 Å². The fourth-order valence-electron chi connectivity index (χ4n) is 4.67. The lowest BCUT2D eigenvalue weighted by Crippen LogP contribution is -2.36. The minimum absolute atomic E-state index is 0.545. The van der Waals surface area contributed by atoms with Crippen molar-refractivity contribution >= 4 is 33.7 Å². The van der Waals surface area contributed by atoms with Gasteiger partial charge in [0.2, 0.25) is 0 Å². The number of benzene rings is 2. The van der Waals surface area contributed by atoms with E-state index < -0.39 is 0 Å². The Hall–Kier alpha value is -2.99. The Balaban J connectivity index is 1.25. The molecule has 6 rings (SSSR count). The number of morpholine rings is 1. The standard InChI is InChI=1S/C23H24N4O2/c1-2-4-20-18(3-1)19(14-24-20)16-7-8-27(15-16)17-5-6-22-21(13-17)25-23(29-22)26-9-11-28-12-10-26/h1-6,13-14,16,24H,7-12,15H2. The summed E-state index contributed by atoms with van der Waals surface area (Å²) in [4.78, 5) is 12.8. The Morgan fingerprint density at radius 2 is 1.90 bits per heavy atom. The summed E-state index contributed by atoms with van der Waals surface area (Å²) in [5.41, 5.74) is 5.66. The second-order valence-electron chi connectivity index (χ2n) is 7.97. The van der Waals surface area contributed by atoms with Crippen LogP contribution in [0.25, 0.3) is 22.0 Å². The van der Waals surface area contributed by atoms with E-state index in [2.05, 4.69) is 63.4 Å². The van der Waals surface area contributed by atoms with Gasteiger partial charge in [0.1, 0.15) is 5.52 Å². The molecule has 2 aliphatic heterocycles. The zero-order valence-electron chi connectivity index (χ0n) is 16.3. The van der Waals surface area contributed by atoms with E-state index in [1.54, 1.807) is 0 Å². The second-order valence-corrected chi connectivity index (χ2v) is 7.97. The molecule has 2 aromatic heterocycles. The van der Waals surface area contributed by atoms with Crippen molar-refractivity contribution in [3.8, 4) is 0 Å². The summed E-state index contributed by atoms with van der Waals surface area (Å²) in [7, 11) is 0. The lowest BCUT2D eigenvalue weighted by Gasteiger charge is -2.24. The van der Waals surface area contributed by atoms with Gasteiger partial charge >= 0.3 is 0 Å². The van der Waals surface area contributed by atoms with Crippen LogP contribution in [0.4, 0.5) is 11.7 Å². The predicted octanol–water partition coefficient (Wildman–Crippen LogP) is 4.14. The molecule has 0 bridgehead atoms. The van der Waals surface area contributed by atoms with Crippen LogP contribution >= 0.6 is 0 Å². The average Bonchev–Trinajstić information content (AvgIpc) is 3.51. The molecular weight excluding hydrogens is 364 g/mol. The molecule has 2 saturated heterocycles. The number of anilines is 2. The van der Waals surface area contributed by atoms with E-state index >= 15 is 0 Å². The van der Waals surface area contributed by atoms with E-state index in [4.69, 9.17) is 14.1 Å². The van der Waals surface area contributed by atoms with Crippen LogP contribution in [0.1, 0.15) is 17.9 Å². The number of nitrogens with zero attached hydrogens (tertiary/aromatic N) is 3. The van der Waals surface area contributed by atoms with Gasteiger partial charge < -0.3 is 23.9 Å². The van der Waals surface area contributed by atoms with Crippen LogP contribution < -0.4 is 9.80 Å². The fourth-order valence-corrected chi connectivity index (χ4v) is 4.67. The zero-order valence-corrected chi connectivity index (χ0v) is 16.3. The predicted molar refractivity (Wildman–Crippen MR) is 115 cm³/mol. The molecule has 2 fully saturated rings. The van der Waals surface area contributed by atoms with Crippen LogP contribution in [-0.4, -0.2) is 49.4 Å². The third kappa shape index (κ3) is 2.95. The van der Waals surface area contributed by atoms with E-state index in [0.29, 0.717) is 11.9 Å². The summed E-state index contributed by atoms with van der Waals surface area (Å²) in [5, 5.41) is 1.35. The molecule has 29 heavy (non-hydrogen) atoms. The Morgan fingerprint density at radius 3 is 2.83 bits per heavy atom. The number of fused-ring (bicyclic) bond motifs is 2. The summed E-state index contributed by atoms with van der Waals surface area (Å²) < 4.78 is 11.4. The first-order chi connectivity index (χ1) is 14.3. The van der Waals surface area contributed by atoms with Crippen molar-refractivity contribution < 1.29 is 9.15 Å². The largest absolute Gasteiger partial charge is 0.423 e. The smallest absolute Gasteiger partial charge is 0.298 e. The molecule has 2 aromatic carbocycles. The number of nitrogens with one attached hydrogen (secondary N) is 1. The van der Waals surface area contributed by atoms with Gasteiger partial charge in [0.25, 0.3) is 6.01 Å². The maximum absolute atomic E-state index is 5.99.